The van der Waals surface area contributed by atoms with Gasteiger partial charge in [0.1, 0.15) is 5.69 Å². The topological polar surface area (TPSA) is 39.1 Å². The third-order valence-electron chi connectivity index (χ3n) is 3.60. The van der Waals surface area contributed by atoms with Crippen LogP contribution in [0.4, 0.5) is 0 Å². The molecule has 0 aliphatic carbocycles. The van der Waals surface area contributed by atoms with Crippen molar-refractivity contribution in [3.05, 3.63) is 45.7 Å². The van der Waals surface area contributed by atoms with E-state index in [9.17, 15) is 0 Å². The molecule has 1 heterocycles. The molecule has 0 aliphatic heterocycles. The predicted molar refractivity (Wildman–Crippen MR) is 88.9 cm³/mol. The van der Waals surface area contributed by atoms with E-state index in [4.69, 9.17) is 4.74 Å². The third-order valence-corrected chi connectivity index (χ3v) is 4.09. The van der Waals surface area contributed by atoms with Crippen LogP contribution in [0.25, 0.3) is 0 Å². The Labute approximate surface area is 134 Å². The van der Waals surface area contributed by atoms with Gasteiger partial charge in [0, 0.05) is 11.0 Å². The molecule has 1 aromatic carbocycles. The second-order valence-corrected chi connectivity index (χ2v) is 5.82. The van der Waals surface area contributed by atoms with Crippen molar-refractivity contribution in [1.82, 2.24) is 15.1 Å². The number of rotatable bonds is 6. The molecule has 0 saturated carbocycles. The quantitative estimate of drug-likeness (QED) is 0.862. The Morgan fingerprint density at radius 3 is 2.76 bits per heavy atom. The minimum absolute atomic E-state index is 0.0601. The first-order valence-electron chi connectivity index (χ1n) is 7.21. The van der Waals surface area contributed by atoms with Crippen molar-refractivity contribution in [2.24, 2.45) is 0 Å². The maximum Gasteiger partial charge on any atom is 0.161 e. The molecule has 21 heavy (non-hydrogen) atoms. The van der Waals surface area contributed by atoms with Gasteiger partial charge >= 0.3 is 0 Å². The molecule has 5 heteroatoms. The van der Waals surface area contributed by atoms with E-state index in [1.165, 1.54) is 11.1 Å². The largest absolute Gasteiger partial charge is 0.493 e. The second-order valence-electron chi connectivity index (χ2n) is 4.91. The molecule has 1 atom stereocenters. The summed E-state index contributed by atoms with van der Waals surface area (Å²) < 4.78 is 8.58. The summed E-state index contributed by atoms with van der Waals surface area (Å²) >= 11 is 3.57. The molecule has 1 N–H and O–H groups in total. The van der Waals surface area contributed by atoms with Gasteiger partial charge in [0.25, 0.3) is 0 Å². The van der Waals surface area contributed by atoms with E-state index in [0.29, 0.717) is 0 Å². The fourth-order valence-electron chi connectivity index (χ4n) is 2.56. The molecule has 0 bridgehead atoms. The number of nitrogens with zero attached hydrogens (tertiary/aromatic N) is 2. The number of ether oxygens (including phenoxy) is 1. The van der Waals surface area contributed by atoms with Crippen molar-refractivity contribution in [2.75, 3.05) is 13.7 Å². The van der Waals surface area contributed by atoms with Crippen LogP contribution in [0, 0.1) is 6.92 Å². The molecule has 0 spiro atoms. The molecule has 2 aromatic rings. The van der Waals surface area contributed by atoms with Crippen LogP contribution in [0.1, 0.15) is 36.7 Å². The van der Waals surface area contributed by atoms with Crippen molar-refractivity contribution >= 4 is 15.9 Å². The van der Waals surface area contributed by atoms with Crippen molar-refractivity contribution in [3.8, 4) is 5.75 Å². The van der Waals surface area contributed by atoms with Crippen LogP contribution >= 0.6 is 15.9 Å². The lowest BCUT2D eigenvalue weighted by Crippen LogP contribution is -2.26. The van der Waals surface area contributed by atoms with Crippen LogP contribution in [0.3, 0.4) is 0 Å². The molecule has 0 aliphatic rings. The molecule has 0 amide bonds. The Morgan fingerprint density at radius 2 is 2.14 bits per heavy atom. The van der Waals surface area contributed by atoms with Crippen molar-refractivity contribution in [3.63, 3.8) is 0 Å². The molecular weight excluding hydrogens is 330 g/mol. The lowest BCUT2D eigenvalue weighted by Gasteiger charge is -2.22. The highest BCUT2D eigenvalue weighted by Crippen LogP contribution is 2.33. The van der Waals surface area contributed by atoms with Crippen molar-refractivity contribution in [1.29, 1.82) is 0 Å². The lowest BCUT2D eigenvalue weighted by molar-refractivity contribution is 0.399. The van der Waals surface area contributed by atoms with Crippen molar-refractivity contribution in [2.45, 2.75) is 33.4 Å². The third kappa shape index (κ3) is 3.30. The predicted octanol–water partition coefficient (Wildman–Crippen LogP) is 3.68. The fraction of sp³-hybridized carbons (Fsp3) is 0.438. The normalized spacial score (nSPS) is 12.4. The van der Waals surface area contributed by atoms with E-state index in [1.807, 2.05) is 4.68 Å². The van der Waals surface area contributed by atoms with E-state index >= 15 is 0 Å². The zero-order chi connectivity index (χ0) is 15.4. The number of methoxy groups -OCH3 is 1. The SMILES string of the molecule is CCNC(c1cc(Br)ccc1C)c1c(OC)cnn1CC. The minimum atomic E-state index is 0.0601. The van der Waals surface area contributed by atoms with Crippen LogP contribution in [-0.2, 0) is 6.54 Å². The van der Waals surface area contributed by atoms with E-state index in [-0.39, 0.29) is 6.04 Å². The Hall–Kier alpha value is -1.33. The van der Waals surface area contributed by atoms with Gasteiger partial charge < -0.3 is 10.1 Å². The first-order valence-corrected chi connectivity index (χ1v) is 8.00. The number of aryl methyl sites for hydroxylation is 2. The fourth-order valence-corrected chi connectivity index (χ4v) is 2.94. The van der Waals surface area contributed by atoms with Crippen LogP contribution < -0.4 is 10.1 Å². The summed E-state index contributed by atoms with van der Waals surface area (Å²) in [5.74, 6) is 0.821. The monoisotopic (exact) mass is 351 g/mol. The Morgan fingerprint density at radius 1 is 1.38 bits per heavy atom. The van der Waals surface area contributed by atoms with Gasteiger partial charge in [0.15, 0.2) is 5.75 Å². The van der Waals surface area contributed by atoms with E-state index in [0.717, 1.165) is 29.0 Å². The van der Waals surface area contributed by atoms with Gasteiger partial charge in [0.2, 0.25) is 0 Å². The van der Waals surface area contributed by atoms with Gasteiger partial charge in [-0.05, 0) is 43.7 Å². The standard InChI is InChI=1S/C16H22BrN3O/c1-5-18-15(13-9-12(17)8-7-11(13)3)16-14(21-4)10-19-20(16)6-2/h7-10,15,18H,5-6H2,1-4H3. The summed E-state index contributed by atoms with van der Waals surface area (Å²) in [6.45, 7) is 8.01. The molecule has 0 fully saturated rings. The van der Waals surface area contributed by atoms with E-state index in [1.54, 1.807) is 13.3 Å². The second kappa shape index (κ2) is 7.09. The van der Waals surface area contributed by atoms with Crippen LogP contribution in [0.15, 0.2) is 28.9 Å². The highest BCUT2D eigenvalue weighted by atomic mass is 79.9. The summed E-state index contributed by atoms with van der Waals surface area (Å²) in [6.07, 6.45) is 1.79. The first-order chi connectivity index (χ1) is 10.1. The molecule has 4 nitrogen and oxygen atoms in total. The lowest BCUT2D eigenvalue weighted by atomic mass is 9.98. The van der Waals surface area contributed by atoms with Gasteiger partial charge in [-0.15, -0.1) is 0 Å². The summed E-state index contributed by atoms with van der Waals surface area (Å²) in [4.78, 5) is 0. The molecule has 114 valence electrons. The Kier molecular flexibility index (Phi) is 5.42. The molecule has 1 aromatic heterocycles. The molecular formula is C16H22BrN3O. The average Bonchev–Trinajstić information content (AvgIpc) is 2.90. The van der Waals surface area contributed by atoms with E-state index < -0.39 is 0 Å². The van der Waals surface area contributed by atoms with Gasteiger partial charge in [-0.1, -0.05) is 28.9 Å². The summed E-state index contributed by atoms with van der Waals surface area (Å²) in [6, 6.07) is 6.42. The molecule has 0 saturated heterocycles. The number of halogens is 1. The zero-order valence-electron chi connectivity index (χ0n) is 13.0. The number of nitrogens with one attached hydrogen (secondary N) is 1. The Bertz CT molecular complexity index is 588. The summed E-state index contributed by atoms with van der Waals surface area (Å²) in [5, 5.41) is 7.98. The van der Waals surface area contributed by atoms with Gasteiger partial charge in [0.05, 0.1) is 19.3 Å². The number of hydrogen-bond acceptors (Lipinski definition) is 3. The molecule has 2 rings (SSSR count). The number of hydrogen-bond donors (Lipinski definition) is 1. The van der Waals surface area contributed by atoms with Crippen LogP contribution in [0.2, 0.25) is 0 Å². The van der Waals surface area contributed by atoms with E-state index in [2.05, 4.69) is 65.3 Å². The van der Waals surface area contributed by atoms with Crippen LogP contribution in [-0.4, -0.2) is 23.4 Å². The van der Waals surface area contributed by atoms with Crippen LogP contribution in [0.5, 0.6) is 5.75 Å². The maximum atomic E-state index is 5.51. The highest BCUT2D eigenvalue weighted by molar-refractivity contribution is 9.10. The summed E-state index contributed by atoms with van der Waals surface area (Å²) in [5.41, 5.74) is 3.55. The highest BCUT2D eigenvalue weighted by Gasteiger charge is 2.24. The minimum Gasteiger partial charge on any atom is -0.493 e. The molecule has 1 unspecified atom stereocenters. The Balaban J connectivity index is 2.58. The van der Waals surface area contributed by atoms with Crippen molar-refractivity contribution < 1.29 is 4.74 Å². The summed E-state index contributed by atoms with van der Waals surface area (Å²) in [7, 11) is 1.69. The van der Waals surface area contributed by atoms with Gasteiger partial charge in [-0.25, -0.2) is 0 Å². The zero-order valence-corrected chi connectivity index (χ0v) is 14.6. The average molecular weight is 352 g/mol. The van der Waals surface area contributed by atoms with Gasteiger partial charge in [-0.3, -0.25) is 4.68 Å². The van der Waals surface area contributed by atoms with Gasteiger partial charge in [-0.2, -0.15) is 5.10 Å². The first kappa shape index (κ1) is 16.0. The number of aromatic nitrogens is 2. The molecule has 0 radical (unpaired) electrons. The maximum absolute atomic E-state index is 5.51. The number of benzene rings is 1. The smallest absolute Gasteiger partial charge is 0.161 e.